The lowest BCUT2D eigenvalue weighted by atomic mass is 10.0. The van der Waals surface area contributed by atoms with E-state index in [1.807, 2.05) is 42.5 Å². The molecule has 2 heterocycles. The smallest absolute Gasteiger partial charge is 0.280 e. The third-order valence-corrected chi connectivity index (χ3v) is 5.88. The molecule has 5 nitrogen and oxygen atoms in total. The maximum Gasteiger partial charge on any atom is 0.280 e. The number of nitrogens with one attached hydrogen (secondary N) is 1. The Morgan fingerprint density at radius 3 is 2.83 bits per heavy atom. The number of hydrogen-bond acceptors (Lipinski definition) is 3. The number of benzene rings is 2. The van der Waals surface area contributed by atoms with Crippen LogP contribution >= 0.6 is 0 Å². The van der Waals surface area contributed by atoms with Gasteiger partial charge in [0, 0.05) is 19.5 Å². The molecule has 2 aliphatic heterocycles. The Labute approximate surface area is 136 Å². The van der Waals surface area contributed by atoms with Crippen molar-refractivity contribution in [2.75, 3.05) is 13.2 Å². The molecular formula is C17H18N2O3S. The lowest BCUT2D eigenvalue weighted by Crippen LogP contribution is -2.29. The summed E-state index contributed by atoms with van der Waals surface area (Å²) in [5, 5.41) is 0. The van der Waals surface area contributed by atoms with Crippen molar-refractivity contribution in [2.45, 2.75) is 19.0 Å². The van der Waals surface area contributed by atoms with Gasteiger partial charge in [-0.05, 0) is 22.8 Å². The van der Waals surface area contributed by atoms with Crippen molar-refractivity contribution in [3.8, 4) is 5.75 Å². The molecule has 120 valence electrons. The van der Waals surface area contributed by atoms with Crippen LogP contribution in [0.1, 0.15) is 22.7 Å². The number of hydrogen-bond donors (Lipinski definition) is 1. The minimum atomic E-state index is -3.44. The van der Waals surface area contributed by atoms with Gasteiger partial charge in [0.25, 0.3) is 10.2 Å². The van der Waals surface area contributed by atoms with Gasteiger partial charge in [-0.3, -0.25) is 0 Å². The van der Waals surface area contributed by atoms with E-state index in [9.17, 15) is 8.42 Å². The molecule has 1 saturated heterocycles. The molecule has 1 atom stereocenters. The van der Waals surface area contributed by atoms with Crippen molar-refractivity contribution in [1.29, 1.82) is 0 Å². The van der Waals surface area contributed by atoms with Gasteiger partial charge in [0.2, 0.25) is 0 Å². The Hall–Kier alpha value is -1.89. The molecule has 1 fully saturated rings. The van der Waals surface area contributed by atoms with Gasteiger partial charge in [0.1, 0.15) is 5.75 Å². The normalized spacial score (nSPS) is 22.7. The maximum absolute atomic E-state index is 12.4. The predicted octanol–water partition coefficient (Wildman–Crippen LogP) is 2.01. The van der Waals surface area contributed by atoms with Crippen LogP contribution < -0.4 is 9.46 Å². The quantitative estimate of drug-likeness (QED) is 0.936. The molecule has 0 aromatic heterocycles. The fraction of sp³-hybridized carbons (Fsp3) is 0.294. The average molecular weight is 330 g/mol. The number of rotatable bonds is 3. The number of ether oxygens (including phenoxy) is 1. The molecule has 0 unspecified atom stereocenters. The summed E-state index contributed by atoms with van der Waals surface area (Å²) < 4.78 is 34.5. The highest BCUT2D eigenvalue weighted by Gasteiger charge is 2.36. The summed E-state index contributed by atoms with van der Waals surface area (Å²) in [5.41, 5.74) is 3.14. The summed E-state index contributed by atoms with van der Waals surface area (Å²) in [6.45, 7) is 1.53. The monoisotopic (exact) mass is 330 g/mol. The van der Waals surface area contributed by atoms with Crippen LogP contribution in [0, 0.1) is 0 Å². The molecule has 2 aromatic rings. The largest absolute Gasteiger partial charge is 0.493 e. The summed E-state index contributed by atoms with van der Waals surface area (Å²) in [5.74, 6) is 0.913. The zero-order valence-electron chi connectivity index (χ0n) is 12.6. The topological polar surface area (TPSA) is 58.6 Å². The Morgan fingerprint density at radius 1 is 1.17 bits per heavy atom. The van der Waals surface area contributed by atoms with E-state index >= 15 is 0 Å². The van der Waals surface area contributed by atoms with Gasteiger partial charge in [-0.25, -0.2) is 0 Å². The van der Waals surface area contributed by atoms with Crippen molar-refractivity contribution in [3.63, 3.8) is 0 Å². The summed E-state index contributed by atoms with van der Waals surface area (Å²) in [6.07, 6.45) is 0.885. The SMILES string of the molecule is O=S1(=O)N[C@H](c2ccc3c(c2)CCO3)CN1Cc1ccccc1. The summed E-state index contributed by atoms with van der Waals surface area (Å²) in [7, 11) is -3.44. The van der Waals surface area contributed by atoms with Gasteiger partial charge in [0.05, 0.1) is 12.6 Å². The van der Waals surface area contributed by atoms with Crippen LogP contribution in [0.4, 0.5) is 0 Å². The summed E-state index contributed by atoms with van der Waals surface area (Å²) in [4.78, 5) is 0. The van der Waals surface area contributed by atoms with Gasteiger partial charge in [-0.2, -0.15) is 17.4 Å². The van der Waals surface area contributed by atoms with Crippen molar-refractivity contribution in [3.05, 3.63) is 65.2 Å². The molecule has 0 aliphatic carbocycles. The van der Waals surface area contributed by atoms with Crippen LogP contribution in [0.2, 0.25) is 0 Å². The van der Waals surface area contributed by atoms with Crippen LogP contribution in [-0.4, -0.2) is 25.9 Å². The molecule has 0 spiro atoms. The van der Waals surface area contributed by atoms with E-state index < -0.39 is 10.2 Å². The Morgan fingerprint density at radius 2 is 2.00 bits per heavy atom. The van der Waals surface area contributed by atoms with Crippen LogP contribution in [0.3, 0.4) is 0 Å². The number of fused-ring (bicyclic) bond motifs is 1. The van der Waals surface area contributed by atoms with E-state index in [-0.39, 0.29) is 6.04 Å². The van der Waals surface area contributed by atoms with E-state index in [0.29, 0.717) is 19.7 Å². The fourth-order valence-electron chi connectivity index (χ4n) is 3.13. The first kappa shape index (κ1) is 14.7. The Balaban J connectivity index is 1.56. The van der Waals surface area contributed by atoms with E-state index in [0.717, 1.165) is 28.9 Å². The molecule has 0 radical (unpaired) electrons. The third-order valence-electron chi connectivity index (χ3n) is 4.33. The van der Waals surface area contributed by atoms with Gasteiger partial charge in [-0.1, -0.05) is 42.5 Å². The van der Waals surface area contributed by atoms with Gasteiger partial charge in [-0.15, -0.1) is 0 Å². The van der Waals surface area contributed by atoms with E-state index in [1.165, 1.54) is 4.31 Å². The molecule has 2 aliphatic rings. The maximum atomic E-state index is 12.4. The fourth-order valence-corrected chi connectivity index (χ4v) is 4.51. The Bertz CT molecular complexity index is 821. The summed E-state index contributed by atoms with van der Waals surface area (Å²) in [6, 6.07) is 15.4. The summed E-state index contributed by atoms with van der Waals surface area (Å²) >= 11 is 0. The molecule has 2 aromatic carbocycles. The molecular weight excluding hydrogens is 312 g/mol. The van der Waals surface area contributed by atoms with Crippen molar-refractivity contribution in [1.82, 2.24) is 9.03 Å². The molecule has 4 rings (SSSR count). The lowest BCUT2D eigenvalue weighted by Gasteiger charge is -2.13. The molecule has 1 N–H and O–H groups in total. The Kier molecular flexibility index (Phi) is 3.60. The molecule has 23 heavy (non-hydrogen) atoms. The molecule has 0 saturated carbocycles. The van der Waals surface area contributed by atoms with E-state index in [1.54, 1.807) is 0 Å². The second-order valence-electron chi connectivity index (χ2n) is 5.92. The molecule has 0 bridgehead atoms. The minimum absolute atomic E-state index is 0.213. The second kappa shape index (κ2) is 5.63. The first-order valence-corrected chi connectivity index (χ1v) is 9.13. The van der Waals surface area contributed by atoms with E-state index in [2.05, 4.69) is 10.8 Å². The first-order valence-electron chi connectivity index (χ1n) is 7.69. The lowest BCUT2D eigenvalue weighted by molar-refractivity contribution is 0.356. The zero-order valence-corrected chi connectivity index (χ0v) is 13.4. The van der Waals surface area contributed by atoms with E-state index in [4.69, 9.17) is 4.74 Å². The van der Waals surface area contributed by atoms with Crippen molar-refractivity contribution in [2.24, 2.45) is 0 Å². The van der Waals surface area contributed by atoms with Crippen LogP contribution in [0.5, 0.6) is 5.75 Å². The molecule has 0 amide bonds. The number of nitrogens with zero attached hydrogens (tertiary/aromatic N) is 1. The highest BCUT2D eigenvalue weighted by atomic mass is 32.2. The third kappa shape index (κ3) is 2.85. The van der Waals surface area contributed by atoms with Crippen LogP contribution in [0.25, 0.3) is 0 Å². The highest BCUT2D eigenvalue weighted by molar-refractivity contribution is 7.87. The molecule has 6 heteroatoms. The predicted molar refractivity (Wildman–Crippen MR) is 87.3 cm³/mol. The van der Waals surface area contributed by atoms with Crippen LogP contribution in [-0.2, 0) is 23.2 Å². The first-order chi connectivity index (χ1) is 11.1. The standard InChI is InChI=1S/C17H18N2O3S/c20-23(21)18-16(12-19(23)11-13-4-2-1-3-5-13)14-6-7-17-15(10-14)8-9-22-17/h1-7,10,16,18H,8-9,11-12H2/t16-/m0/s1. The van der Waals surface area contributed by atoms with Gasteiger partial charge in [0.15, 0.2) is 0 Å². The van der Waals surface area contributed by atoms with Crippen molar-refractivity contribution < 1.29 is 13.2 Å². The van der Waals surface area contributed by atoms with Crippen LogP contribution in [0.15, 0.2) is 48.5 Å². The highest BCUT2D eigenvalue weighted by Crippen LogP contribution is 2.31. The van der Waals surface area contributed by atoms with Crippen molar-refractivity contribution >= 4 is 10.2 Å². The average Bonchev–Trinajstić information content (AvgIpc) is 3.12. The van der Waals surface area contributed by atoms with Gasteiger partial charge < -0.3 is 4.74 Å². The minimum Gasteiger partial charge on any atom is -0.493 e. The second-order valence-corrected chi connectivity index (χ2v) is 7.62. The zero-order chi connectivity index (χ0) is 15.9. The van der Waals surface area contributed by atoms with Gasteiger partial charge >= 0.3 is 0 Å².